The number of benzene rings is 23. The van der Waals surface area contributed by atoms with Gasteiger partial charge in [0.2, 0.25) is 17.8 Å². The van der Waals surface area contributed by atoms with Gasteiger partial charge in [0.1, 0.15) is 0 Å². The number of hydrogen-bond donors (Lipinski definition) is 0. The molecule has 0 unspecified atom stereocenters. The van der Waals surface area contributed by atoms with Gasteiger partial charge in [-0.2, -0.15) is 0 Å². The lowest BCUT2D eigenvalue weighted by Crippen LogP contribution is -2.03. The molecule has 9 heteroatoms. The summed E-state index contributed by atoms with van der Waals surface area (Å²) in [5.74, 6) is 1.84. The van der Waals surface area contributed by atoms with Crippen molar-refractivity contribution in [1.82, 2.24) is 43.6 Å². The highest BCUT2D eigenvalue weighted by molar-refractivity contribution is 6.26. The van der Waals surface area contributed by atoms with Gasteiger partial charge in [0.15, 0.2) is 0 Å². The fraction of sp³-hybridized carbons (Fsp3) is 0. The number of aromatic nitrogens is 9. The summed E-state index contributed by atoms with van der Waals surface area (Å²) in [6.45, 7) is 0. The first-order chi connectivity index (χ1) is 70.9. The van der Waals surface area contributed by atoms with Crippen LogP contribution in [-0.2, 0) is 0 Å². The molecule has 9 nitrogen and oxygen atoms in total. The Morgan fingerprint density at radius 2 is 0.410 bits per heavy atom. The maximum Gasteiger partial charge on any atom is 0.235 e. The average molecular weight is 1770 g/mol. The Kier molecular flexibility index (Phi) is 17.9. The Balaban J connectivity index is 0.000000108. The SMILES string of the molecule is [2H]c1c([2H])c([2H])c(-c2ccc3nc(-n4c5cc6ccccc6cc5c5c6ccccc6ccc54)nc(-c4ccc(-c5ccccc5)cc4)c3c2)c([2H])c1[2H].c1ccc(-c2ccc3nc(-n4c5cc6ccccc6cc5c5c6ccccc6ccc54)nc(-c4ccc5ccccc5c4)c3c2)cc1.c1ccc(-c2ccc3nc(-n4c5cc6ccccc6cc5c5c6ccccc6ccc54)nc(-c4ccccc4)c3c2)cc1. The maximum absolute atomic E-state index is 8.69. The lowest BCUT2D eigenvalue weighted by Gasteiger charge is -2.14. The zero-order valence-electron chi connectivity index (χ0n) is 79.9. The van der Waals surface area contributed by atoms with E-state index in [2.05, 4.69) is 420 Å². The topological polar surface area (TPSA) is 92.1 Å². The quantitative estimate of drug-likeness (QED) is 0.135. The van der Waals surface area contributed by atoms with Crippen molar-refractivity contribution in [2.75, 3.05) is 0 Å². The molecule has 29 rings (SSSR count). The van der Waals surface area contributed by atoms with Crippen molar-refractivity contribution in [2.24, 2.45) is 0 Å². The van der Waals surface area contributed by atoms with Crippen molar-refractivity contribution in [2.45, 2.75) is 0 Å². The van der Waals surface area contributed by atoms with E-state index in [-0.39, 0.29) is 29.7 Å². The van der Waals surface area contributed by atoms with Crippen molar-refractivity contribution >= 4 is 174 Å². The van der Waals surface area contributed by atoms with Gasteiger partial charge in [-0.3, -0.25) is 13.7 Å². The van der Waals surface area contributed by atoms with Crippen molar-refractivity contribution in [3.8, 4) is 96.1 Å². The average Bonchev–Trinajstić information content (AvgIpc) is 1.53. The molecule has 6 heterocycles. The number of fused-ring (bicyclic) bond motifs is 22. The molecule has 0 aliphatic carbocycles. The molecule has 29 aromatic rings. The summed E-state index contributed by atoms with van der Waals surface area (Å²) >= 11 is 0. The molecule has 0 saturated heterocycles. The van der Waals surface area contributed by atoms with Gasteiger partial charge in [-0.25, -0.2) is 29.9 Å². The molecule has 0 aliphatic rings. The monoisotopic (exact) mass is 1770 g/mol. The van der Waals surface area contributed by atoms with Crippen LogP contribution in [0.3, 0.4) is 0 Å². The van der Waals surface area contributed by atoms with Gasteiger partial charge >= 0.3 is 0 Å². The van der Waals surface area contributed by atoms with E-state index in [0.717, 1.165) is 138 Å². The van der Waals surface area contributed by atoms with Crippen LogP contribution in [0.2, 0.25) is 0 Å². The number of rotatable bonds is 10. The van der Waals surface area contributed by atoms with Gasteiger partial charge in [-0.1, -0.05) is 394 Å². The smallest absolute Gasteiger partial charge is 0.235 e. The largest absolute Gasteiger partial charge is 0.278 e. The highest BCUT2D eigenvalue weighted by Crippen LogP contribution is 2.46. The van der Waals surface area contributed by atoms with E-state index in [1.54, 1.807) is 6.07 Å². The van der Waals surface area contributed by atoms with Crippen LogP contribution in [0.25, 0.3) is 270 Å². The molecule has 6 aromatic heterocycles. The summed E-state index contributed by atoms with van der Waals surface area (Å²) in [6, 6.07) is 160. The van der Waals surface area contributed by atoms with E-state index in [1.807, 2.05) is 48.5 Å². The van der Waals surface area contributed by atoms with Crippen LogP contribution in [0.5, 0.6) is 0 Å². The zero-order chi connectivity index (χ0) is 95.9. The molecule has 0 atom stereocenters. The van der Waals surface area contributed by atoms with Gasteiger partial charge in [-0.15, -0.1) is 0 Å². The summed E-state index contributed by atoms with van der Waals surface area (Å²) in [6.07, 6.45) is 0. The van der Waals surface area contributed by atoms with E-state index in [4.69, 9.17) is 36.8 Å². The van der Waals surface area contributed by atoms with E-state index < -0.39 is 6.04 Å². The fourth-order valence-electron chi connectivity index (χ4n) is 20.9. The number of nitrogens with zero attached hydrogens (tertiary/aromatic N) is 9. The Morgan fingerprint density at radius 3 is 0.784 bits per heavy atom. The Hall–Kier alpha value is -18.7. The molecule has 0 bridgehead atoms. The van der Waals surface area contributed by atoms with E-state index >= 15 is 0 Å². The first-order valence-corrected chi connectivity index (χ1v) is 46.8. The normalized spacial score (nSPS) is 12.2. The summed E-state index contributed by atoms with van der Waals surface area (Å²) in [4.78, 5) is 32.0. The summed E-state index contributed by atoms with van der Waals surface area (Å²) in [5.41, 5.74) is 21.8. The summed E-state index contributed by atoms with van der Waals surface area (Å²) < 4.78 is 48.8. The Morgan fingerprint density at radius 1 is 0.151 bits per heavy atom. The van der Waals surface area contributed by atoms with Crippen molar-refractivity contribution < 1.29 is 6.85 Å². The molecule has 646 valence electrons. The molecule has 139 heavy (non-hydrogen) atoms. The van der Waals surface area contributed by atoms with Gasteiger partial charge in [0.05, 0.1) is 73.6 Å². The number of hydrogen-bond acceptors (Lipinski definition) is 6. The van der Waals surface area contributed by atoms with Crippen LogP contribution in [0.1, 0.15) is 6.85 Å². The highest BCUT2D eigenvalue weighted by Gasteiger charge is 2.26. The third kappa shape index (κ3) is 13.9. The standard InChI is InChI=1S/C46H29N3.C44H27N3.C40H25N3/c1-3-11-30(12-4-1)32-19-21-34(22-20-32)45-39-27-37(31-13-5-2-6-14-31)23-25-41(39)47-46(48-45)49-42-26-24-33-15-9-10-18-38(33)44(42)40-28-35-16-7-8-17-36(35)29-43(40)49;1-2-10-28(11-3-1)34-20-22-39-37(25-34)43(35-19-18-29-12-4-5-14-31(29)24-35)46-44(45-39)47-40-23-21-30-13-8-9-17-36(30)42(40)38-26-32-15-6-7-16-33(32)27-41(38)47;1-3-11-26(12-4-1)31-19-21-35-33(23-31)39(28-14-5-2-6-15-28)42-40(41-35)43-36-22-20-27-13-9-10-18-32(27)38(36)34-24-29-16-7-8-17-30(29)25-37(34)43/h1-29H;1-27H;1-25H/i2D,5D,6D,13D,14D;;. The van der Waals surface area contributed by atoms with E-state index in [0.29, 0.717) is 40.0 Å². The first-order valence-electron chi connectivity index (χ1n) is 49.3. The van der Waals surface area contributed by atoms with Crippen LogP contribution in [0.15, 0.2) is 491 Å². The van der Waals surface area contributed by atoms with Gasteiger partial charge in [0, 0.05) is 65.2 Å². The summed E-state index contributed by atoms with van der Waals surface area (Å²) in [5, 5.41) is 26.5. The Bertz CT molecular complexity index is 10300. The van der Waals surface area contributed by atoms with E-state index in [1.165, 1.54) is 86.5 Å². The van der Waals surface area contributed by atoms with Gasteiger partial charge in [-0.05, 0) is 217 Å². The molecule has 0 fully saturated rings. The zero-order valence-corrected chi connectivity index (χ0v) is 74.9. The van der Waals surface area contributed by atoms with Crippen molar-refractivity contribution in [3.05, 3.63) is 491 Å². The minimum absolute atomic E-state index is 0.138. The van der Waals surface area contributed by atoms with Crippen LogP contribution in [-0.4, -0.2) is 43.6 Å². The van der Waals surface area contributed by atoms with Gasteiger partial charge in [0.25, 0.3) is 0 Å². The van der Waals surface area contributed by atoms with Crippen molar-refractivity contribution in [1.29, 1.82) is 0 Å². The van der Waals surface area contributed by atoms with Gasteiger partial charge < -0.3 is 0 Å². The second-order valence-corrected chi connectivity index (χ2v) is 35.6. The molecule has 0 radical (unpaired) electrons. The molecule has 0 aliphatic heterocycles. The lowest BCUT2D eigenvalue weighted by atomic mass is 9.98. The molecule has 0 saturated carbocycles. The third-order valence-electron chi connectivity index (χ3n) is 27.6. The maximum atomic E-state index is 8.69. The Labute approximate surface area is 806 Å². The first kappa shape index (κ1) is 74.8. The second kappa shape index (κ2) is 33.2. The predicted octanol–water partition coefficient (Wildman–Crippen LogP) is 33.9. The van der Waals surface area contributed by atoms with E-state index in [9.17, 15) is 0 Å². The predicted molar refractivity (Wildman–Crippen MR) is 582 cm³/mol. The van der Waals surface area contributed by atoms with Crippen LogP contribution < -0.4 is 0 Å². The minimum Gasteiger partial charge on any atom is -0.278 e. The fourth-order valence-corrected chi connectivity index (χ4v) is 20.9. The molecule has 23 aromatic carbocycles. The molecular weight excluding hydrogens is 1690 g/mol. The lowest BCUT2D eigenvalue weighted by molar-refractivity contribution is 1.01. The minimum atomic E-state index is -0.423. The second-order valence-electron chi connectivity index (χ2n) is 35.6. The summed E-state index contributed by atoms with van der Waals surface area (Å²) in [7, 11) is 0. The molecule has 0 spiro atoms. The van der Waals surface area contributed by atoms with Crippen LogP contribution >= 0.6 is 0 Å². The van der Waals surface area contributed by atoms with Crippen LogP contribution in [0.4, 0.5) is 0 Å². The van der Waals surface area contributed by atoms with Crippen LogP contribution in [0, 0.1) is 0 Å². The molecule has 0 amide bonds. The highest BCUT2D eigenvalue weighted by atomic mass is 15.2. The molecule has 0 N–H and O–H groups in total. The van der Waals surface area contributed by atoms with Crippen molar-refractivity contribution in [3.63, 3.8) is 0 Å². The third-order valence-corrected chi connectivity index (χ3v) is 27.6. The molecular formula is C130H81N9.